The van der Waals surface area contributed by atoms with Gasteiger partial charge in [-0.05, 0) is 12.1 Å². The molecule has 0 spiro atoms. The van der Waals surface area contributed by atoms with Crippen LogP contribution >= 0.6 is 23.1 Å². The first-order valence-corrected chi connectivity index (χ1v) is 9.90. The van der Waals surface area contributed by atoms with Crippen LogP contribution in [-0.4, -0.2) is 36.9 Å². The molecule has 0 saturated carbocycles. The molecule has 2 heterocycles. The van der Waals surface area contributed by atoms with Crippen molar-refractivity contribution in [2.45, 2.75) is 4.90 Å². The molecule has 3 rings (SSSR count). The number of rotatable bonds is 7. The second-order valence-electron chi connectivity index (χ2n) is 5.63. The van der Waals surface area contributed by atoms with Crippen molar-refractivity contribution in [3.63, 3.8) is 0 Å². The number of benzene rings is 1. The summed E-state index contributed by atoms with van der Waals surface area (Å²) in [4.78, 5) is 31.5. The Kier molecular flexibility index (Phi) is 6.13. The molecule has 7 nitrogen and oxygen atoms in total. The Morgan fingerprint density at radius 2 is 2.21 bits per heavy atom. The van der Waals surface area contributed by atoms with Crippen molar-refractivity contribution in [2.24, 2.45) is 0 Å². The fraction of sp³-hybridized carbons (Fsp3) is 0.158. The minimum Gasteiger partial charge on any atom is -0.453 e. The molecule has 0 bridgehead atoms. The molecule has 28 heavy (non-hydrogen) atoms. The lowest BCUT2D eigenvalue weighted by molar-refractivity contribution is -0.118. The van der Waals surface area contributed by atoms with Gasteiger partial charge in [-0.1, -0.05) is 30.0 Å². The van der Waals surface area contributed by atoms with E-state index in [9.17, 15) is 14.9 Å². The van der Waals surface area contributed by atoms with Crippen LogP contribution in [0.2, 0.25) is 0 Å². The van der Waals surface area contributed by atoms with Crippen LogP contribution in [0, 0.1) is 11.3 Å². The number of hydrogen-bond donors (Lipinski definition) is 1. The van der Waals surface area contributed by atoms with E-state index >= 15 is 0 Å². The first-order chi connectivity index (χ1) is 13.5. The molecule has 1 aliphatic rings. The second-order valence-corrected chi connectivity index (χ2v) is 7.52. The standard InChI is InChI=1S/C19H16N4O3S2/c1-3-8-21-19-22-13(11-27-19)18(25)26-10-15(24)12(9-20)17-23(2)14-6-4-5-7-16(14)28-17/h3-7,11H,1,8,10H2,2H3,(H,21,22)/b17-12-. The summed E-state index contributed by atoms with van der Waals surface area (Å²) in [6, 6.07) is 9.56. The summed E-state index contributed by atoms with van der Waals surface area (Å²) in [5, 5.41) is 15.1. The molecule has 0 atom stereocenters. The molecule has 0 amide bonds. The number of carbonyl (C=O) groups is 2. The number of fused-ring (bicyclic) bond motifs is 1. The maximum absolute atomic E-state index is 12.5. The molecule has 0 unspecified atom stereocenters. The van der Waals surface area contributed by atoms with Gasteiger partial charge in [-0.2, -0.15) is 5.26 Å². The van der Waals surface area contributed by atoms with Crippen LogP contribution in [0.4, 0.5) is 10.8 Å². The zero-order chi connectivity index (χ0) is 20.1. The van der Waals surface area contributed by atoms with Crippen molar-refractivity contribution in [3.8, 4) is 6.07 Å². The minimum atomic E-state index is -0.714. The summed E-state index contributed by atoms with van der Waals surface area (Å²) in [7, 11) is 1.79. The number of ether oxygens (including phenoxy) is 1. The van der Waals surface area contributed by atoms with Gasteiger partial charge in [0.1, 0.15) is 16.7 Å². The van der Waals surface area contributed by atoms with E-state index in [1.54, 1.807) is 23.4 Å². The summed E-state index contributed by atoms with van der Waals surface area (Å²) in [5.74, 6) is -1.27. The molecule has 9 heteroatoms. The highest BCUT2D eigenvalue weighted by Gasteiger charge is 2.28. The number of nitrogens with one attached hydrogen (secondary N) is 1. The second kappa shape index (κ2) is 8.73. The fourth-order valence-corrected chi connectivity index (χ4v) is 4.29. The van der Waals surface area contributed by atoms with Gasteiger partial charge < -0.3 is 15.0 Å². The molecule has 0 saturated heterocycles. The summed E-state index contributed by atoms with van der Waals surface area (Å²) in [6.45, 7) is 3.59. The number of carbonyl (C=O) groups excluding carboxylic acids is 2. The zero-order valence-electron chi connectivity index (χ0n) is 15.0. The molecule has 1 aliphatic heterocycles. The van der Waals surface area contributed by atoms with E-state index in [2.05, 4.69) is 16.9 Å². The maximum Gasteiger partial charge on any atom is 0.358 e. The number of Topliss-reactive ketones (excluding diaryl/α,β-unsaturated/α-hetero) is 1. The average molecular weight is 412 g/mol. The van der Waals surface area contributed by atoms with E-state index in [0.717, 1.165) is 10.6 Å². The molecule has 0 aliphatic carbocycles. The predicted octanol–water partition coefficient (Wildman–Crippen LogP) is 3.44. The number of aromatic nitrogens is 1. The number of anilines is 2. The number of para-hydroxylation sites is 1. The van der Waals surface area contributed by atoms with Crippen LogP contribution in [0.5, 0.6) is 0 Å². The molecule has 1 aromatic carbocycles. The van der Waals surface area contributed by atoms with Crippen LogP contribution in [0.3, 0.4) is 0 Å². The van der Waals surface area contributed by atoms with Crippen molar-refractivity contribution >= 4 is 45.7 Å². The summed E-state index contributed by atoms with van der Waals surface area (Å²) in [5.41, 5.74) is 0.987. The molecule has 0 fully saturated rings. The van der Waals surface area contributed by atoms with Crippen molar-refractivity contribution in [2.75, 3.05) is 30.4 Å². The number of hydrogen-bond acceptors (Lipinski definition) is 9. The molecular formula is C19H16N4O3S2. The van der Waals surface area contributed by atoms with Crippen LogP contribution in [0.1, 0.15) is 10.5 Å². The van der Waals surface area contributed by atoms with Gasteiger partial charge in [0.05, 0.1) is 5.69 Å². The molecule has 1 aromatic heterocycles. The van der Waals surface area contributed by atoms with Gasteiger partial charge in [-0.3, -0.25) is 4.79 Å². The Bertz CT molecular complexity index is 1010. The van der Waals surface area contributed by atoms with E-state index in [1.165, 1.54) is 23.1 Å². The van der Waals surface area contributed by atoms with Crippen molar-refractivity contribution in [3.05, 3.63) is 58.6 Å². The maximum atomic E-state index is 12.5. The van der Waals surface area contributed by atoms with Crippen LogP contribution < -0.4 is 10.2 Å². The van der Waals surface area contributed by atoms with E-state index in [-0.39, 0.29) is 11.3 Å². The van der Waals surface area contributed by atoms with Crippen molar-refractivity contribution < 1.29 is 14.3 Å². The van der Waals surface area contributed by atoms with Gasteiger partial charge in [0.25, 0.3) is 0 Å². The molecule has 142 valence electrons. The number of thioether (sulfide) groups is 1. The van der Waals surface area contributed by atoms with E-state index in [0.29, 0.717) is 16.7 Å². The van der Waals surface area contributed by atoms with Gasteiger partial charge in [0.15, 0.2) is 17.4 Å². The first-order valence-electron chi connectivity index (χ1n) is 8.20. The largest absolute Gasteiger partial charge is 0.453 e. The lowest BCUT2D eigenvalue weighted by Crippen LogP contribution is -2.20. The van der Waals surface area contributed by atoms with E-state index in [4.69, 9.17) is 4.74 Å². The van der Waals surface area contributed by atoms with Crippen LogP contribution in [0.25, 0.3) is 0 Å². The average Bonchev–Trinajstić information content (AvgIpc) is 3.31. The Hall–Kier alpha value is -3.09. The summed E-state index contributed by atoms with van der Waals surface area (Å²) in [6.07, 6.45) is 1.67. The zero-order valence-corrected chi connectivity index (χ0v) is 16.6. The summed E-state index contributed by atoms with van der Waals surface area (Å²) >= 11 is 2.59. The van der Waals surface area contributed by atoms with E-state index < -0.39 is 18.4 Å². The van der Waals surface area contributed by atoms with Crippen molar-refractivity contribution in [1.29, 1.82) is 5.26 Å². The lowest BCUT2D eigenvalue weighted by atomic mass is 10.2. The minimum absolute atomic E-state index is 0.0388. The van der Waals surface area contributed by atoms with Crippen LogP contribution in [0.15, 0.2) is 57.8 Å². The number of nitrogens with zero attached hydrogens (tertiary/aromatic N) is 3. The Morgan fingerprint density at radius 1 is 1.43 bits per heavy atom. The number of thiazole rings is 1. The first kappa shape index (κ1) is 19.7. The Labute approximate surface area is 170 Å². The Balaban J connectivity index is 1.67. The fourth-order valence-electron chi connectivity index (χ4n) is 2.44. The van der Waals surface area contributed by atoms with Crippen LogP contribution in [-0.2, 0) is 9.53 Å². The molecule has 0 radical (unpaired) electrons. The lowest BCUT2D eigenvalue weighted by Gasteiger charge is -2.14. The highest BCUT2D eigenvalue weighted by molar-refractivity contribution is 8.03. The highest BCUT2D eigenvalue weighted by Crippen LogP contribution is 2.46. The van der Waals surface area contributed by atoms with Gasteiger partial charge in [0.2, 0.25) is 5.78 Å². The summed E-state index contributed by atoms with van der Waals surface area (Å²) < 4.78 is 5.06. The SMILES string of the molecule is C=CCNc1nc(C(=O)OCC(=O)/C(C#N)=C2\Sc3ccccc3N2C)cs1. The number of esters is 1. The van der Waals surface area contributed by atoms with Gasteiger partial charge in [-0.25, -0.2) is 9.78 Å². The van der Waals surface area contributed by atoms with Crippen molar-refractivity contribution in [1.82, 2.24) is 4.98 Å². The third-order valence-corrected chi connectivity index (χ3v) is 5.82. The van der Waals surface area contributed by atoms with Gasteiger partial charge in [0, 0.05) is 23.9 Å². The highest BCUT2D eigenvalue weighted by atomic mass is 32.2. The molecular weight excluding hydrogens is 396 g/mol. The molecule has 2 aromatic rings. The smallest absolute Gasteiger partial charge is 0.358 e. The third-order valence-electron chi connectivity index (χ3n) is 3.79. The third kappa shape index (κ3) is 4.08. The topological polar surface area (TPSA) is 95.3 Å². The predicted molar refractivity (Wildman–Crippen MR) is 109 cm³/mol. The quantitative estimate of drug-likeness (QED) is 0.320. The van der Waals surface area contributed by atoms with Gasteiger partial charge in [-0.15, -0.1) is 17.9 Å². The number of nitriles is 1. The van der Waals surface area contributed by atoms with Gasteiger partial charge >= 0.3 is 5.97 Å². The normalized spacial score (nSPS) is 14.1. The monoisotopic (exact) mass is 412 g/mol. The Morgan fingerprint density at radius 3 is 2.93 bits per heavy atom. The molecule has 1 N–H and O–H groups in total. The van der Waals surface area contributed by atoms with E-state index in [1.807, 2.05) is 30.3 Å². The number of ketones is 1.